The third kappa shape index (κ3) is 4.38. The van der Waals surface area contributed by atoms with Crippen LogP contribution in [0.5, 0.6) is 0 Å². The number of rotatable bonds is 7. The van der Waals surface area contributed by atoms with Crippen molar-refractivity contribution in [3.05, 3.63) is 59.7 Å². The summed E-state index contributed by atoms with van der Waals surface area (Å²) in [6, 6.07) is 16.2. The molecule has 2 aromatic carbocycles. The van der Waals surface area contributed by atoms with Gasteiger partial charge in [-0.05, 0) is 47.9 Å². The number of alkyl halides is 1. The van der Waals surface area contributed by atoms with Crippen molar-refractivity contribution in [3.63, 3.8) is 0 Å². The highest BCUT2D eigenvalue weighted by Crippen LogP contribution is 2.45. The normalized spacial score (nSPS) is 26.1. The Kier molecular flexibility index (Phi) is 6.39. The summed E-state index contributed by atoms with van der Waals surface area (Å²) in [5, 5.41) is 11.2. The number of carbonyl (C=O) groups is 1. The summed E-state index contributed by atoms with van der Waals surface area (Å²) in [7, 11) is 0. The topological polar surface area (TPSA) is 59.0 Å². The Labute approximate surface area is 194 Å². The van der Waals surface area contributed by atoms with Crippen LogP contribution >= 0.6 is 0 Å². The minimum Gasteiger partial charge on any atom is -0.448 e. The SMILES string of the molecule is O=C(OCC1c2ccccc2-c2ccccc21)N1C2COCC1CC(O)(CCCCCF)C2. The number of piperidine rings is 1. The Morgan fingerprint density at radius 2 is 1.61 bits per heavy atom. The predicted molar refractivity (Wildman–Crippen MR) is 124 cm³/mol. The zero-order valence-electron chi connectivity index (χ0n) is 18.9. The van der Waals surface area contributed by atoms with Crippen molar-refractivity contribution in [1.82, 2.24) is 4.90 Å². The van der Waals surface area contributed by atoms with Crippen molar-refractivity contribution in [2.75, 3.05) is 26.5 Å². The Morgan fingerprint density at radius 3 is 2.21 bits per heavy atom. The van der Waals surface area contributed by atoms with E-state index in [9.17, 15) is 14.3 Å². The average molecular weight is 454 g/mol. The molecule has 0 spiro atoms. The summed E-state index contributed by atoms with van der Waals surface area (Å²) in [4.78, 5) is 15.0. The van der Waals surface area contributed by atoms with E-state index in [0.717, 1.165) is 12.8 Å². The summed E-state index contributed by atoms with van der Waals surface area (Å²) < 4.78 is 24.0. The van der Waals surface area contributed by atoms with Gasteiger partial charge in [-0.3, -0.25) is 9.29 Å². The summed E-state index contributed by atoms with van der Waals surface area (Å²) in [5.41, 5.74) is 3.97. The number of hydrogen-bond donors (Lipinski definition) is 1. The lowest BCUT2D eigenvalue weighted by Crippen LogP contribution is -2.63. The van der Waals surface area contributed by atoms with Gasteiger partial charge in [-0.15, -0.1) is 0 Å². The van der Waals surface area contributed by atoms with E-state index in [1.54, 1.807) is 4.90 Å². The Bertz CT molecular complexity index is 936. The third-order valence-corrected chi connectivity index (χ3v) is 7.46. The molecular formula is C27H32FNO4. The molecule has 33 heavy (non-hydrogen) atoms. The number of carbonyl (C=O) groups excluding carboxylic acids is 1. The molecule has 3 aliphatic rings. The van der Waals surface area contributed by atoms with Crippen LogP contribution in [-0.2, 0) is 9.47 Å². The molecule has 2 unspecified atom stereocenters. The van der Waals surface area contributed by atoms with E-state index in [4.69, 9.17) is 9.47 Å². The lowest BCUT2D eigenvalue weighted by molar-refractivity contribution is -0.135. The molecule has 5 nitrogen and oxygen atoms in total. The first-order valence-electron chi connectivity index (χ1n) is 12.1. The second-order valence-electron chi connectivity index (χ2n) is 9.69. The van der Waals surface area contributed by atoms with Crippen LogP contribution < -0.4 is 0 Å². The number of ether oxygens (including phenoxy) is 2. The summed E-state index contributed by atoms with van der Waals surface area (Å²) in [5.74, 6) is 0.0228. The molecule has 2 fully saturated rings. The van der Waals surface area contributed by atoms with E-state index in [0.29, 0.717) is 38.9 Å². The standard InChI is InChI=1S/C27H32FNO4/c28-13-7-1-6-12-27(31)14-19-16-32-17-20(15-27)29(19)26(30)33-18-25-23-10-4-2-8-21(23)22-9-3-5-11-24(22)25/h2-5,8-11,19-20,25,31H,1,6-7,12-18H2. The molecule has 2 saturated heterocycles. The molecule has 1 aliphatic carbocycles. The van der Waals surface area contributed by atoms with Crippen molar-refractivity contribution in [1.29, 1.82) is 0 Å². The molecule has 6 heteroatoms. The van der Waals surface area contributed by atoms with Crippen molar-refractivity contribution in [2.24, 2.45) is 0 Å². The van der Waals surface area contributed by atoms with Crippen LogP contribution in [0.2, 0.25) is 0 Å². The van der Waals surface area contributed by atoms with Gasteiger partial charge in [-0.2, -0.15) is 0 Å². The van der Waals surface area contributed by atoms with E-state index in [1.165, 1.54) is 22.3 Å². The average Bonchev–Trinajstić information content (AvgIpc) is 3.14. The number of nitrogens with zero attached hydrogens (tertiary/aromatic N) is 1. The molecule has 2 aromatic rings. The first-order valence-corrected chi connectivity index (χ1v) is 12.1. The summed E-state index contributed by atoms with van der Waals surface area (Å²) in [6.45, 7) is 0.797. The fourth-order valence-electron chi connectivity index (χ4n) is 5.97. The largest absolute Gasteiger partial charge is 0.448 e. The maximum absolute atomic E-state index is 13.2. The van der Waals surface area contributed by atoms with Gasteiger partial charge in [0.05, 0.1) is 37.6 Å². The smallest absolute Gasteiger partial charge is 0.410 e. The summed E-state index contributed by atoms with van der Waals surface area (Å²) >= 11 is 0. The first kappa shape index (κ1) is 22.4. The van der Waals surface area contributed by atoms with Crippen LogP contribution in [0.15, 0.2) is 48.5 Å². The molecule has 2 atom stereocenters. The van der Waals surface area contributed by atoms with Gasteiger partial charge in [0.1, 0.15) is 6.61 Å². The lowest BCUT2D eigenvalue weighted by atomic mass is 9.78. The number of hydrogen-bond acceptors (Lipinski definition) is 4. The molecule has 176 valence electrons. The minimum atomic E-state index is -0.824. The van der Waals surface area contributed by atoms with Gasteiger partial charge < -0.3 is 14.6 Å². The fourth-order valence-corrected chi connectivity index (χ4v) is 5.97. The number of unbranched alkanes of at least 4 members (excludes halogenated alkanes) is 2. The summed E-state index contributed by atoms with van der Waals surface area (Å²) in [6.07, 6.45) is 3.38. The van der Waals surface area contributed by atoms with E-state index in [2.05, 4.69) is 24.3 Å². The van der Waals surface area contributed by atoms with E-state index < -0.39 is 5.60 Å². The monoisotopic (exact) mass is 453 g/mol. The quantitative estimate of drug-likeness (QED) is 0.596. The molecular weight excluding hydrogens is 421 g/mol. The molecule has 2 aliphatic heterocycles. The number of fused-ring (bicyclic) bond motifs is 5. The highest BCUT2D eigenvalue weighted by molar-refractivity contribution is 5.79. The van der Waals surface area contributed by atoms with Crippen molar-refractivity contribution in [2.45, 2.75) is 62.1 Å². The van der Waals surface area contributed by atoms with Gasteiger partial charge >= 0.3 is 6.09 Å². The third-order valence-electron chi connectivity index (χ3n) is 7.46. The highest BCUT2D eigenvalue weighted by atomic mass is 19.1. The van der Waals surface area contributed by atoms with Gasteiger partial charge in [-0.1, -0.05) is 61.4 Å². The fraction of sp³-hybridized carbons (Fsp3) is 0.519. The van der Waals surface area contributed by atoms with Gasteiger partial charge in [0, 0.05) is 5.92 Å². The van der Waals surface area contributed by atoms with Crippen LogP contribution in [0.3, 0.4) is 0 Å². The molecule has 5 rings (SSSR count). The number of morpholine rings is 1. The molecule has 1 amide bonds. The highest BCUT2D eigenvalue weighted by Gasteiger charge is 2.48. The maximum atomic E-state index is 13.2. The van der Waals surface area contributed by atoms with E-state index in [-0.39, 0.29) is 37.4 Å². The van der Waals surface area contributed by atoms with Crippen LogP contribution in [0.4, 0.5) is 9.18 Å². The Morgan fingerprint density at radius 1 is 1.00 bits per heavy atom. The molecule has 1 N–H and O–H groups in total. The van der Waals surface area contributed by atoms with Crippen LogP contribution in [-0.4, -0.2) is 60.3 Å². The molecule has 2 bridgehead atoms. The number of benzene rings is 2. The first-order chi connectivity index (χ1) is 16.1. The molecule has 0 radical (unpaired) electrons. The van der Waals surface area contributed by atoms with Crippen molar-refractivity contribution < 1.29 is 23.8 Å². The van der Waals surface area contributed by atoms with Crippen LogP contribution in [0.25, 0.3) is 11.1 Å². The van der Waals surface area contributed by atoms with E-state index >= 15 is 0 Å². The van der Waals surface area contributed by atoms with Gasteiger partial charge in [0.15, 0.2) is 0 Å². The second kappa shape index (κ2) is 9.43. The second-order valence-corrected chi connectivity index (χ2v) is 9.69. The van der Waals surface area contributed by atoms with Crippen molar-refractivity contribution >= 4 is 6.09 Å². The van der Waals surface area contributed by atoms with Crippen molar-refractivity contribution in [3.8, 4) is 11.1 Å². The lowest BCUT2D eigenvalue weighted by Gasteiger charge is -2.51. The van der Waals surface area contributed by atoms with Gasteiger partial charge in [-0.25, -0.2) is 4.79 Å². The molecule has 2 heterocycles. The minimum absolute atomic E-state index is 0.0228. The number of aliphatic hydroxyl groups is 1. The number of halogens is 1. The van der Waals surface area contributed by atoms with E-state index in [1.807, 2.05) is 24.3 Å². The molecule has 0 saturated carbocycles. The van der Waals surface area contributed by atoms with Gasteiger partial charge in [0.25, 0.3) is 0 Å². The number of amides is 1. The van der Waals surface area contributed by atoms with Crippen LogP contribution in [0, 0.1) is 0 Å². The zero-order valence-corrected chi connectivity index (χ0v) is 18.9. The Balaban J connectivity index is 1.26. The predicted octanol–water partition coefficient (Wildman–Crippen LogP) is 5.06. The van der Waals surface area contributed by atoms with Gasteiger partial charge in [0.2, 0.25) is 0 Å². The zero-order chi connectivity index (χ0) is 22.8. The maximum Gasteiger partial charge on any atom is 0.410 e. The van der Waals surface area contributed by atoms with Crippen LogP contribution in [0.1, 0.15) is 55.6 Å². The molecule has 0 aromatic heterocycles. The Hall–Kier alpha value is -2.44.